The van der Waals surface area contributed by atoms with Crippen molar-refractivity contribution in [3.8, 4) is 5.75 Å². The first-order valence-electron chi connectivity index (χ1n) is 6.76. The number of nitrogens with one attached hydrogen (secondary N) is 1. The van der Waals surface area contributed by atoms with Crippen LogP contribution in [0.5, 0.6) is 5.75 Å². The summed E-state index contributed by atoms with van der Waals surface area (Å²) < 4.78 is 0. The van der Waals surface area contributed by atoms with Gasteiger partial charge in [0.05, 0.1) is 5.56 Å². The number of phenols is 1. The van der Waals surface area contributed by atoms with Gasteiger partial charge in [-0.1, -0.05) is 26.0 Å². The fourth-order valence-electron chi connectivity index (χ4n) is 2.07. The maximum Gasteiger partial charge on any atom is 0.255 e. The number of hydrogen-bond donors (Lipinski definition) is 3. The number of carbonyl (C=O) groups is 1. The first-order valence-corrected chi connectivity index (χ1v) is 6.76. The van der Waals surface area contributed by atoms with Crippen LogP contribution in [0.15, 0.2) is 18.2 Å². The predicted octanol–water partition coefficient (Wildman–Crippen LogP) is 2.20. The van der Waals surface area contributed by atoms with Gasteiger partial charge in [-0.15, -0.1) is 0 Å². The van der Waals surface area contributed by atoms with Crippen LogP contribution in [0, 0.1) is 12.3 Å². The average Bonchev–Trinajstić information content (AvgIpc) is 2.44. The maximum absolute atomic E-state index is 12.1. The molecule has 4 N–H and O–H groups in total. The van der Waals surface area contributed by atoms with E-state index in [4.69, 9.17) is 5.73 Å². The third-order valence-corrected chi connectivity index (χ3v) is 4.04. The number of amides is 1. The largest absolute Gasteiger partial charge is 0.507 e. The van der Waals surface area contributed by atoms with Crippen molar-refractivity contribution < 1.29 is 9.90 Å². The Kier molecular flexibility index (Phi) is 5.36. The molecule has 0 heterocycles. The van der Waals surface area contributed by atoms with Gasteiger partial charge in [-0.2, -0.15) is 0 Å². The van der Waals surface area contributed by atoms with E-state index in [0.29, 0.717) is 24.2 Å². The monoisotopic (exact) mass is 264 g/mol. The Morgan fingerprint density at radius 2 is 2.00 bits per heavy atom. The summed E-state index contributed by atoms with van der Waals surface area (Å²) in [6.07, 6.45) is 1.83. The molecule has 0 unspecified atom stereocenters. The van der Waals surface area contributed by atoms with Crippen LogP contribution in [-0.4, -0.2) is 24.1 Å². The summed E-state index contributed by atoms with van der Waals surface area (Å²) >= 11 is 0. The molecule has 0 saturated heterocycles. The molecular formula is C15H24N2O2. The summed E-state index contributed by atoms with van der Waals surface area (Å²) in [6.45, 7) is 7.00. The average molecular weight is 264 g/mol. The number of benzene rings is 1. The van der Waals surface area contributed by atoms with E-state index in [-0.39, 0.29) is 17.1 Å². The lowest BCUT2D eigenvalue weighted by molar-refractivity contribution is 0.0925. The van der Waals surface area contributed by atoms with E-state index in [1.807, 2.05) is 0 Å². The molecule has 0 spiro atoms. The molecule has 0 radical (unpaired) electrons. The van der Waals surface area contributed by atoms with Crippen molar-refractivity contribution in [2.24, 2.45) is 11.1 Å². The van der Waals surface area contributed by atoms with Crippen molar-refractivity contribution >= 4 is 5.91 Å². The Morgan fingerprint density at radius 1 is 1.37 bits per heavy atom. The van der Waals surface area contributed by atoms with Gasteiger partial charge in [-0.25, -0.2) is 0 Å². The van der Waals surface area contributed by atoms with Crippen molar-refractivity contribution in [3.05, 3.63) is 29.3 Å². The minimum atomic E-state index is -0.249. The third-order valence-electron chi connectivity index (χ3n) is 4.04. The molecule has 1 rings (SSSR count). The highest BCUT2D eigenvalue weighted by molar-refractivity contribution is 5.97. The van der Waals surface area contributed by atoms with Crippen LogP contribution in [0.2, 0.25) is 0 Å². The first kappa shape index (κ1) is 15.5. The molecule has 0 aliphatic heterocycles. The standard InChI is InChI=1S/C15H24N2O2/c1-4-15(5-2,9-16)10-17-14(19)12-8-6-7-11(3)13(12)18/h6-8,18H,4-5,9-10,16H2,1-3H3,(H,17,19). The van der Waals surface area contributed by atoms with Crippen molar-refractivity contribution in [2.45, 2.75) is 33.6 Å². The minimum absolute atomic E-state index is 0.0475. The summed E-state index contributed by atoms with van der Waals surface area (Å²) in [6, 6.07) is 5.16. The number of nitrogens with two attached hydrogens (primary N) is 1. The lowest BCUT2D eigenvalue weighted by Crippen LogP contribution is -2.41. The molecule has 0 aliphatic carbocycles. The Balaban J connectivity index is 2.78. The van der Waals surface area contributed by atoms with Gasteiger partial charge in [0.25, 0.3) is 5.91 Å². The zero-order chi connectivity index (χ0) is 14.5. The number of para-hydroxylation sites is 1. The summed E-state index contributed by atoms with van der Waals surface area (Å²) in [5.41, 5.74) is 6.76. The van der Waals surface area contributed by atoms with E-state index in [9.17, 15) is 9.90 Å². The second-order valence-corrected chi connectivity index (χ2v) is 5.06. The topological polar surface area (TPSA) is 75.3 Å². The van der Waals surface area contributed by atoms with Crippen molar-refractivity contribution in [1.82, 2.24) is 5.32 Å². The number of aryl methyl sites for hydroxylation is 1. The van der Waals surface area contributed by atoms with Gasteiger partial charge in [-0.3, -0.25) is 4.79 Å². The number of carbonyl (C=O) groups excluding carboxylic acids is 1. The SMILES string of the molecule is CCC(CC)(CN)CNC(=O)c1cccc(C)c1O. The second-order valence-electron chi connectivity index (χ2n) is 5.06. The Bertz CT molecular complexity index is 432. The summed E-state index contributed by atoms with van der Waals surface area (Å²) in [5, 5.41) is 12.8. The number of phenolic OH excluding ortho intramolecular Hbond substituents is 1. The van der Waals surface area contributed by atoms with Crippen LogP contribution in [-0.2, 0) is 0 Å². The summed E-state index contributed by atoms with van der Waals surface area (Å²) in [5.74, 6) is -0.202. The molecule has 0 atom stereocenters. The van der Waals surface area contributed by atoms with E-state index >= 15 is 0 Å². The smallest absolute Gasteiger partial charge is 0.255 e. The molecule has 0 bridgehead atoms. The Hall–Kier alpha value is -1.55. The highest BCUT2D eigenvalue weighted by Gasteiger charge is 2.25. The van der Waals surface area contributed by atoms with Crippen molar-refractivity contribution in [1.29, 1.82) is 0 Å². The van der Waals surface area contributed by atoms with Gasteiger partial charge >= 0.3 is 0 Å². The van der Waals surface area contributed by atoms with Crippen LogP contribution >= 0.6 is 0 Å². The lowest BCUT2D eigenvalue weighted by Gasteiger charge is -2.30. The summed E-state index contributed by atoms with van der Waals surface area (Å²) in [7, 11) is 0. The van der Waals surface area contributed by atoms with Gasteiger partial charge in [0.1, 0.15) is 5.75 Å². The summed E-state index contributed by atoms with van der Waals surface area (Å²) in [4.78, 5) is 12.1. The first-order chi connectivity index (χ1) is 8.99. The van der Waals surface area contributed by atoms with E-state index in [1.165, 1.54) is 0 Å². The molecule has 1 aromatic rings. The quantitative estimate of drug-likeness (QED) is 0.737. The lowest BCUT2D eigenvalue weighted by atomic mass is 9.82. The van der Waals surface area contributed by atoms with Gasteiger partial charge in [-0.05, 0) is 43.4 Å². The molecule has 19 heavy (non-hydrogen) atoms. The predicted molar refractivity (Wildman–Crippen MR) is 77.2 cm³/mol. The van der Waals surface area contributed by atoms with Gasteiger partial charge in [0, 0.05) is 6.54 Å². The van der Waals surface area contributed by atoms with Crippen LogP contribution in [0.4, 0.5) is 0 Å². The van der Waals surface area contributed by atoms with Crippen molar-refractivity contribution in [2.75, 3.05) is 13.1 Å². The van der Waals surface area contributed by atoms with E-state index in [1.54, 1.807) is 25.1 Å². The molecule has 0 fully saturated rings. The van der Waals surface area contributed by atoms with Crippen LogP contribution in [0.3, 0.4) is 0 Å². The Labute approximate surface area is 115 Å². The molecule has 4 heteroatoms. The van der Waals surface area contributed by atoms with Crippen molar-refractivity contribution in [3.63, 3.8) is 0 Å². The third kappa shape index (κ3) is 3.47. The highest BCUT2D eigenvalue weighted by Crippen LogP contribution is 2.25. The van der Waals surface area contributed by atoms with Gasteiger partial charge < -0.3 is 16.2 Å². The molecule has 4 nitrogen and oxygen atoms in total. The van der Waals surface area contributed by atoms with Gasteiger partial charge in [0.15, 0.2) is 0 Å². The molecule has 0 aliphatic rings. The van der Waals surface area contributed by atoms with Gasteiger partial charge in [0.2, 0.25) is 0 Å². The maximum atomic E-state index is 12.1. The molecule has 1 aromatic carbocycles. The van der Waals surface area contributed by atoms with Crippen LogP contribution < -0.4 is 11.1 Å². The second kappa shape index (κ2) is 6.57. The van der Waals surface area contributed by atoms with Crippen LogP contribution in [0.25, 0.3) is 0 Å². The molecule has 1 amide bonds. The fourth-order valence-corrected chi connectivity index (χ4v) is 2.07. The van der Waals surface area contributed by atoms with E-state index in [2.05, 4.69) is 19.2 Å². The number of hydrogen-bond acceptors (Lipinski definition) is 3. The number of aromatic hydroxyl groups is 1. The molecule has 0 aromatic heterocycles. The molecular weight excluding hydrogens is 240 g/mol. The minimum Gasteiger partial charge on any atom is -0.507 e. The zero-order valence-electron chi connectivity index (χ0n) is 12.0. The number of rotatable bonds is 6. The molecule has 0 saturated carbocycles. The van der Waals surface area contributed by atoms with Crippen LogP contribution in [0.1, 0.15) is 42.6 Å². The Morgan fingerprint density at radius 3 is 2.53 bits per heavy atom. The van der Waals surface area contributed by atoms with E-state index in [0.717, 1.165) is 12.8 Å². The highest BCUT2D eigenvalue weighted by atomic mass is 16.3. The zero-order valence-corrected chi connectivity index (χ0v) is 12.0. The fraction of sp³-hybridized carbons (Fsp3) is 0.533. The molecule has 106 valence electrons. The normalized spacial score (nSPS) is 11.4. The van der Waals surface area contributed by atoms with E-state index < -0.39 is 0 Å².